The maximum absolute atomic E-state index is 13.7. The molecule has 0 aromatic carbocycles. The van der Waals surface area contributed by atoms with Gasteiger partial charge in [0.15, 0.2) is 0 Å². The molecule has 3 atom stereocenters. The Kier molecular flexibility index (Phi) is 5.06. The van der Waals surface area contributed by atoms with Gasteiger partial charge in [-0.05, 0) is 50.9 Å². The molecule has 2 heterocycles. The van der Waals surface area contributed by atoms with Gasteiger partial charge in [0.1, 0.15) is 6.04 Å². The summed E-state index contributed by atoms with van der Waals surface area (Å²) >= 11 is 0. The number of likely N-dealkylation sites (tertiary alicyclic amines) is 2. The molecule has 3 saturated carbocycles. The molecule has 5 rings (SSSR count). The van der Waals surface area contributed by atoms with Crippen LogP contribution in [0.5, 0.6) is 0 Å². The highest BCUT2D eigenvalue weighted by Crippen LogP contribution is 2.56. The SMILES string of the molecule is CC(C)[C@H](NC(=O)OCC1(C)CC1)C(=O)N1CC[C@@H]2[C@H]1C1(CCC1)C(=O)N2C(=O)C1CC1. The van der Waals surface area contributed by atoms with Crippen molar-refractivity contribution >= 4 is 23.8 Å². The van der Waals surface area contributed by atoms with Crippen molar-refractivity contribution in [1.29, 1.82) is 0 Å². The zero-order valence-electron chi connectivity index (χ0n) is 19.4. The molecule has 0 unspecified atom stereocenters. The lowest BCUT2D eigenvalue weighted by Gasteiger charge is -2.44. The molecule has 0 bridgehead atoms. The van der Waals surface area contributed by atoms with Gasteiger partial charge in [0.05, 0.1) is 24.1 Å². The Morgan fingerprint density at radius 2 is 1.81 bits per heavy atom. The molecule has 2 saturated heterocycles. The summed E-state index contributed by atoms with van der Waals surface area (Å²) < 4.78 is 5.39. The van der Waals surface area contributed by atoms with Crippen LogP contribution < -0.4 is 5.32 Å². The second-order valence-electron chi connectivity index (χ2n) is 11.4. The predicted molar refractivity (Wildman–Crippen MR) is 115 cm³/mol. The summed E-state index contributed by atoms with van der Waals surface area (Å²) in [7, 11) is 0. The van der Waals surface area contributed by atoms with Gasteiger partial charge >= 0.3 is 6.09 Å². The van der Waals surface area contributed by atoms with Crippen LogP contribution in [0.25, 0.3) is 0 Å². The number of carbonyl (C=O) groups excluding carboxylic acids is 4. The zero-order chi connectivity index (χ0) is 22.8. The Bertz CT molecular complexity index is 843. The van der Waals surface area contributed by atoms with Gasteiger partial charge in [0, 0.05) is 17.9 Å². The molecular weight excluding hydrogens is 410 g/mol. The standard InChI is InChI=1S/C24H35N3O5/c1-14(2)17(25-22(31)32-13-23(3)10-11-23)20(29)26-12-7-16-18(26)24(8-4-9-24)21(30)27(16)19(28)15-5-6-15/h14-18H,4-13H2,1-3H3,(H,25,31)/t16-,17+,18+/m1/s1. The fourth-order valence-corrected chi connectivity index (χ4v) is 5.79. The summed E-state index contributed by atoms with van der Waals surface area (Å²) in [5, 5.41) is 2.79. The van der Waals surface area contributed by atoms with Crippen molar-refractivity contribution in [2.75, 3.05) is 13.2 Å². The second kappa shape index (κ2) is 7.45. The monoisotopic (exact) mass is 445 g/mol. The molecule has 176 valence electrons. The molecule has 0 aromatic heterocycles. The van der Waals surface area contributed by atoms with Crippen LogP contribution in [0.1, 0.15) is 72.1 Å². The molecule has 0 radical (unpaired) electrons. The maximum Gasteiger partial charge on any atom is 0.407 e. The van der Waals surface area contributed by atoms with Gasteiger partial charge in [-0.15, -0.1) is 0 Å². The number of ether oxygens (including phenoxy) is 1. The first-order valence-electron chi connectivity index (χ1n) is 12.3. The van der Waals surface area contributed by atoms with Crippen LogP contribution in [0.4, 0.5) is 4.79 Å². The largest absolute Gasteiger partial charge is 0.449 e. The molecule has 5 fully saturated rings. The van der Waals surface area contributed by atoms with Gasteiger partial charge in [-0.3, -0.25) is 19.3 Å². The number of nitrogens with one attached hydrogen (secondary N) is 1. The van der Waals surface area contributed by atoms with Crippen LogP contribution in [0.2, 0.25) is 0 Å². The molecule has 3 aliphatic carbocycles. The molecule has 1 spiro atoms. The van der Waals surface area contributed by atoms with E-state index in [9.17, 15) is 19.2 Å². The van der Waals surface area contributed by atoms with Gasteiger partial charge in [-0.2, -0.15) is 0 Å². The molecule has 8 nitrogen and oxygen atoms in total. The summed E-state index contributed by atoms with van der Waals surface area (Å²) in [4.78, 5) is 55.8. The molecule has 32 heavy (non-hydrogen) atoms. The van der Waals surface area contributed by atoms with E-state index in [1.54, 1.807) is 4.90 Å². The maximum atomic E-state index is 13.7. The van der Waals surface area contributed by atoms with E-state index in [1.165, 1.54) is 4.90 Å². The molecule has 2 aliphatic heterocycles. The van der Waals surface area contributed by atoms with E-state index < -0.39 is 17.6 Å². The van der Waals surface area contributed by atoms with Crippen molar-refractivity contribution in [3.8, 4) is 0 Å². The summed E-state index contributed by atoms with van der Waals surface area (Å²) in [6.45, 7) is 6.76. The first kappa shape index (κ1) is 21.7. The lowest BCUT2D eigenvalue weighted by Crippen LogP contribution is -2.58. The van der Waals surface area contributed by atoms with E-state index in [0.29, 0.717) is 19.6 Å². The molecule has 8 heteroatoms. The van der Waals surface area contributed by atoms with E-state index >= 15 is 0 Å². The van der Waals surface area contributed by atoms with Crippen molar-refractivity contribution in [1.82, 2.24) is 15.1 Å². The number of hydrogen-bond acceptors (Lipinski definition) is 5. The quantitative estimate of drug-likeness (QED) is 0.634. The Morgan fingerprint density at radius 3 is 2.34 bits per heavy atom. The topological polar surface area (TPSA) is 96.0 Å². The minimum Gasteiger partial charge on any atom is -0.449 e. The minimum absolute atomic E-state index is 0.0206. The number of hydrogen-bond donors (Lipinski definition) is 1. The molecular formula is C24H35N3O5. The third kappa shape index (κ3) is 3.41. The highest BCUT2D eigenvalue weighted by atomic mass is 16.5. The summed E-state index contributed by atoms with van der Waals surface area (Å²) in [5.74, 6) is -0.420. The first-order valence-corrected chi connectivity index (χ1v) is 12.3. The summed E-state index contributed by atoms with van der Waals surface area (Å²) in [6.07, 6.45) is 6.28. The molecule has 1 N–H and O–H groups in total. The summed E-state index contributed by atoms with van der Waals surface area (Å²) in [6, 6.07) is -1.22. The average Bonchev–Trinajstić information content (AvgIpc) is 3.62. The van der Waals surface area contributed by atoms with Crippen LogP contribution in [0.15, 0.2) is 0 Å². The lowest BCUT2D eigenvalue weighted by atomic mass is 9.64. The zero-order valence-corrected chi connectivity index (χ0v) is 19.4. The van der Waals surface area contributed by atoms with Crippen molar-refractivity contribution in [2.45, 2.75) is 90.3 Å². The van der Waals surface area contributed by atoms with Crippen molar-refractivity contribution in [3.63, 3.8) is 0 Å². The molecule has 4 amide bonds. The van der Waals surface area contributed by atoms with E-state index in [2.05, 4.69) is 12.2 Å². The highest BCUT2D eigenvalue weighted by Gasteiger charge is 2.68. The number of carbonyl (C=O) groups is 4. The van der Waals surface area contributed by atoms with Crippen LogP contribution in [-0.4, -0.2) is 64.9 Å². The number of amides is 4. The van der Waals surface area contributed by atoms with Crippen LogP contribution in [0, 0.1) is 22.7 Å². The number of rotatable bonds is 6. The Morgan fingerprint density at radius 1 is 1.12 bits per heavy atom. The van der Waals surface area contributed by atoms with Gasteiger partial charge in [-0.1, -0.05) is 27.2 Å². The second-order valence-corrected chi connectivity index (χ2v) is 11.4. The number of alkyl carbamates (subject to hydrolysis) is 1. The fraction of sp³-hybridized carbons (Fsp3) is 0.833. The molecule has 5 aliphatic rings. The lowest BCUT2D eigenvalue weighted by molar-refractivity contribution is -0.152. The van der Waals surface area contributed by atoms with Crippen molar-refractivity contribution in [2.24, 2.45) is 22.7 Å². The van der Waals surface area contributed by atoms with Crippen LogP contribution >= 0.6 is 0 Å². The van der Waals surface area contributed by atoms with Gasteiger partial charge < -0.3 is 15.0 Å². The normalized spacial score (nSPS) is 30.2. The number of nitrogens with zero attached hydrogens (tertiary/aromatic N) is 2. The Hall–Kier alpha value is -2.12. The van der Waals surface area contributed by atoms with Gasteiger partial charge in [0.2, 0.25) is 17.7 Å². The van der Waals surface area contributed by atoms with Crippen LogP contribution in [-0.2, 0) is 19.1 Å². The first-order chi connectivity index (χ1) is 15.2. The smallest absolute Gasteiger partial charge is 0.407 e. The van der Waals surface area contributed by atoms with E-state index in [0.717, 1.165) is 44.9 Å². The van der Waals surface area contributed by atoms with E-state index in [4.69, 9.17) is 4.74 Å². The van der Waals surface area contributed by atoms with Crippen LogP contribution in [0.3, 0.4) is 0 Å². The van der Waals surface area contributed by atoms with Crippen molar-refractivity contribution < 1.29 is 23.9 Å². The van der Waals surface area contributed by atoms with E-state index in [-0.39, 0.29) is 47.1 Å². The van der Waals surface area contributed by atoms with E-state index in [1.807, 2.05) is 13.8 Å². The third-order valence-electron chi connectivity index (χ3n) is 8.46. The minimum atomic E-state index is -0.714. The fourth-order valence-electron chi connectivity index (χ4n) is 5.79. The van der Waals surface area contributed by atoms with Gasteiger partial charge in [0.25, 0.3) is 0 Å². The third-order valence-corrected chi connectivity index (χ3v) is 8.46. The van der Waals surface area contributed by atoms with Gasteiger partial charge in [-0.25, -0.2) is 4.79 Å². The number of imide groups is 1. The Balaban J connectivity index is 1.33. The average molecular weight is 446 g/mol. The highest BCUT2D eigenvalue weighted by molar-refractivity contribution is 6.04. The summed E-state index contributed by atoms with van der Waals surface area (Å²) in [5.41, 5.74) is -0.542. The predicted octanol–water partition coefficient (Wildman–Crippen LogP) is 2.46. The number of fused-ring (bicyclic) bond motifs is 2. The van der Waals surface area contributed by atoms with Crippen molar-refractivity contribution in [3.05, 3.63) is 0 Å². The Labute approximate surface area is 189 Å². The molecule has 0 aromatic rings.